The zero-order valence-corrected chi connectivity index (χ0v) is 18.8. The van der Waals surface area contributed by atoms with Gasteiger partial charge in [-0.15, -0.1) is 0 Å². The van der Waals surface area contributed by atoms with Crippen molar-refractivity contribution in [3.05, 3.63) is 59.1 Å². The molecule has 2 aromatic carbocycles. The van der Waals surface area contributed by atoms with Crippen LogP contribution in [0.2, 0.25) is 5.02 Å². The van der Waals surface area contributed by atoms with Crippen molar-refractivity contribution in [1.82, 2.24) is 5.32 Å². The molecule has 1 amide bonds. The van der Waals surface area contributed by atoms with Crippen LogP contribution in [0.4, 0.5) is 5.69 Å². The maximum atomic E-state index is 12.3. The van der Waals surface area contributed by atoms with Gasteiger partial charge in [-0.05, 0) is 35.9 Å². The van der Waals surface area contributed by atoms with E-state index in [0.29, 0.717) is 18.0 Å². The standard InChI is InChI=1S/C20H25ClN2O4S2/c1-27-18-9-5-8-17(13-18)23(29(2,25)26)14-20(24)22-11-6-12-28-15-16-7-3-4-10-19(16)21/h3-5,7-10,13H,6,11-12,14-15H2,1-2H3,(H,22,24). The number of methoxy groups -OCH3 is 1. The maximum absolute atomic E-state index is 12.3. The Balaban J connectivity index is 1.79. The Morgan fingerprint density at radius 3 is 2.66 bits per heavy atom. The Bertz CT molecular complexity index is 922. The molecule has 0 saturated heterocycles. The van der Waals surface area contributed by atoms with Gasteiger partial charge >= 0.3 is 0 Å². The number of carbonyl (C=O) groups excluding carboxylic acids is 1. The lowest BCUT2D eigenvalue weighted by molar-refractivity contribution is -0.119. The van der Waals surface area contributed by atoms with Gasteiger partial charge in [-0.3, -0.25) is 9.10 Å². The van der Waals surface area contributed by atoms with Crippen molar-refractivity contribution in [2.24, 2.45) is 0 Å². The number of nitrogens with one attached hydrogen (secondary N) is 1. The number of nitrogens with zero attached hydrogens (tertiary/aromatic N) is 1. The summed E-state index contributed by atoms with van der Waals surface area (Å²) in [4.78, 5) is 12.3. The van der Waals surface area contributed by atoms with Crippen LogP contribution in [0.15, 0.2) is 48.5 Å². The first-order valence-corrected chi connectivity index (χ1v) is 12.4. The lowest BCUT2D eigenvalue weighted by Crippen LogP contribution is -2.40. The Labute approximate surface area is 181 Å². The van der Waals surface area contributed by atoms with Crippen LogP contribution < -0.4 is 14.4 Å². The highest BCUT2D eigenvalue weighted by atomic mass is 35.5. The minimum atomic E-state index is -3.61. The van der Waals surface area contributed by atoms with E-state index in [1.54, 1.807) is 36.0 Å². The highest BCUT2D eigenvalue weighted by molar-refractivity contribution is 7.98. The summed E-state index contributed by atoms with van der Waals surface area (Å²) in [6.45, 7) is 0.197. The number of hydrogen-bond acceptors (Lipinski definition) is 5. The molecule has 0 heterocycles. The van der Waals surface area contributed by atoms with Gasteiger partial charge in [0.2, 0.25) is 15.9 Å². The van der Waals surface area contributed by atoms with Gasteiger partial charge in [0.05, 0.1) is 19.1 Å². The quantitative estimate of drug-likeness (QED) is 0.523. The van der Waals surface area contributed by atoms with Crippen molar-refractivity contribution in [2.75, 3.05) is 36.5 Å². The minimum Gasteiger partial charge on any atom is -0.497 e. The Kier molecular flexibility index (Phi) is 9.13. The molecule has 0 spiro atoms. The zero-order valence-electron chi connectivity index (χ0n) is 16.4. The second-order valence-electron chi connectivity index (χ2n) is 6.32. The summed E-state index contributed by atoms with van der Waals surface area (Å²) in [5, 5.41) is 3.53. The van der Waals surface area contributed by atoms with E-state index in [-0.39, 0.29) is 12.5 Å². The van der Waals surface area contributed by atoms with Crippen molar-refractivity contribution >= 4 is 45.0 Å². The van der Waals surface area contributed by atoms with Gasteiger partial charge in [-0.25, -0.2) is 8.42 Å². The van der Waals surface area contributed by atoms with E-state index in [1.165, 1.54) is 7.11 Å². The van der Waals surface area contributed by atoms with Gasteiger partial charge in [-0.2, -0.15) is 11.8 Å². The van der Waals surface area contributed by atoms with Crippen LogP contribution in [0.5, 0.6) is 5.75 Å². The third-order valence-corrected chi connectivity index (χ3v) is 6.63. The first-order valence-electron chi connectivity index (χ1n) is 9.01. The van der Waals surface area contributed by atoms with Crippen LogP contribution in [0.25, 0.3) is 0 Å². The fraction of sp³-hybridized carbons (Fsp3) is 0.350. The van der Waals surface area contributed by atoms with Crippen LogP contribution >= 0.6 is 23.4 Å². The summed E-state index contributed by atoms with van der Waals surface area (Å²) in [7, 11) is -2.11. The zero-order chi connectivity index (χ0) is 21.3. The molecule has 0 fully saturated rings. The molecule has 0 aliphatic carbocycles. The third-order valence-electron chi connectivity index (χ3n) is 4.03. The Morgan fingerprint density at radius 1 is 1.21 bits per heavy atom. The smallest absolute Gasteiger partial charge is 0.240 e. The second kappa shape index (κ2) is 11.3. The van der Waals surface area contributed by atoms with Crippen molar-refractivity contribution < 1.29 is 17.9 Å². The van der Waals surface area contributed by atoms with Crippen LogP contribution in [-0.2, 0) is 20.6 Å². The predicted molar refractivity (Wildman–Crippen MR) is 120 cm³/mol. The molecule has 9 heteroatoms. The van der Waals surface area contributed by atoms with Gasteiger partial charge in [0.25, 0.3) is 0 Å². The molecular weight excluding hydrogens is 432 g/mol. The van der Waals surface area contributed by atoms with Gasteiger partial charge in [-0.1, -0.05) is 35.9 Å². The Hall–Kier alpha value is -1.90. The average molecular weight is 457 g/mol. The molecule has 1 N–H and O–H groups in total. The van der Waals surface area contributed by atoms with E-state index in [4.69, 9.17) is 16.3 Å². The average Bonchev–Trinajstić information content (AvgIpc) is 2.69. The molecular formula is C20H25ClN2O4S2. The maximum Gasteiger partial charge on any atom is 0.240 e. The monoisotopic (exact) mass is 456 g/mol. The summed E-state index contributed by atoms with van der Waals surface area (Å²) in [6, 6.07) is 14.3. The summed E-state index contributed by atoms with van der Waals surface area (Å²) < 4.78 is 30.5. The van der Waals surface area contributed by atoms with Crippen molar-refractivity contribution in [3.63, 3.8) is 0 Å². The number of rotatable bonds is 11. The highest BCUT2D eigenvalue weighted by Crippen LogP contribution is 2.23. The molecule has 0 aliphatic heterocycles. The predicted octanol–water partition coefficient (Wildman–Crippen LogP) is 3.55. The van der Waals surface area contributed by atoms with Crippen LogP contribution in [-0.4, -0.2) is 46.5 Å². The molecule has 29 heavy (non-hydrogen) atoms. The minimum absolute atomic E-state index is 0.279. The Morgan fingerprint density at radius 2 is 1.97 bits per heavy atom. The molecule has 0 saturated carbocycles. The van der Waals surface area contributed by atoms with E-state index in [1.807, 2.05) is 24.3 Å². The molecule has 0 aliphatic rings. The summed E-state index contributed by atoms with van der Waals surface area (Å²) in [5.41, 5.74) is 1.47. The van der Waals surface area contributed by atoms with Gasteiger partial charge in [0.15, 0.2) is 0 Å². The topological polar surface area (TPSA) is 75.7 Å². The highest BCUT2D eigenvalue weighted by Gasteiger charge is 2.21. The van der Waals surface area contributed by atoms with E-state index < -0.39 is 10.0 Å². The second-order valence-corrected chi connectivity index (χ2v) is 9.74. The SMILES string of the molecule is COc1cccc(N(CC(=O)NCCCSCc2ccccc2Cl)S(C)(=O)=O)c1. The lowest BCUT2D eigenvalue weighted by Gasteiger charge is -2.22. The van der Waals surface area contributed by atoms with Crippen LogP contribution in [0.1, 0.15) is 12.0 Å². The van der Waals surface area contributed by atoms with E-state index in [2.05, 4.69) is 5.32 Å². The molecule has 158 valence electrons. The van der Waals surface area contributed by atoms with Gasteiger partial charge < -0.3 is 10.1 Å². The number of halogens is 1. The van der Waals surface area contributed by atoms with Crippen molar-refractivity contribution in [3.8, 4) is 5.75 Å². The van der Waals surface area contributed by atoms with Crippen LogP contribution in [0.3, 0.4) is 0 Å². The number of hydrogen-bond donors (Lipinski definition) is 1. The number of sulfonamides is 1. The fourth-order valence-corrected chi connectivity index (χ4v) is 4.65. The van der Waals surface area contributed by atoms with E-state index in [0.717, 1.165) is 39.1 Å². The lowest BCUT2D eigenvalue weighted by atomic mass is 10.2. The number of benzene rings is 2. The number of thioether (sulfide) groups is 1. The molecule has 0 radical (unpaired) electrons. The van der Waals surface area contributed by atoms with Crippen LogP contribution in [0, 0.1) is 0 Å². The largest absolute Gasteiger partial charge is 0.497 e. The normalized spacial score (nSPS) is 11.1. The summed E-state index contributed by atoms with van der Waals surface area (Å²) >= 11 is 7.86. The molecule has 0 aromatic heterocycles. The van der Waals surface area contributed by atoms with Gasteiger partial charge in [0.1, 0.15) is 12.3 Å². The van der Waals surface area contributed by atoms with E-state index in [9.17, 15) is 13.2 Å². The van der Waals surface area contributed by atoms with Crippen molar-refractivity contribution in [2.45, 2.75) is 12.2 Å². The molecule has 0 bridgehead atoms. The molecule has 6 nitrogen and oxygen atoms in total. The fourth-order valence-electron chi connectivity index (χ4n) is 2.55. The molecule has 2 rings (SSSR count). The summed E-state index contributed by atoms with van der Waals surface area (Å²) in [6.07, 6.45) is 1.85. The van der Waals surface area contributed by atoms with Crippen molar-refractivity contribution in [1.29, 1.82) is 0 Å². The number of amides is 1. The van der Waals surface area contributed by atoms with Gasteiger partial charge in [0, 0.05) is 23.4 Å². The number of carbonyl (C=O) groups is 1. The molecule has 2 aromatic rings. The number of anilines is 1. The third kappa shape index (κ3) is 7.79. The first-order chi connectivity index (χ1) is 13.8. The van der Waals surface area contributed by atoms with E-state index >= 15 is 0 Å². The molecule has 0 atom stereocenters. The molecule has 0 unspecified atom stereocenters. The number of ether oxygens (including phenoxy) is 1. The first kappa shape index (κ1) is 23.4. The summed E-state index contributed by atoms with van der Waals surface area (Å²) in [5.74, 6) is 1.84.